The molecule has 0 aliphatic carbocycles. The number of furan rings is 1. The molecule has 264 valence electrons. The SMILES string of the molecule is Cc1ccc(-c2cccc(-c3nc(-c4ccc(-c5ccccc5)cc4)nc(-c4ccc5c(c4)oc4c(-c6ccccc6)ccc(-c6ccccc6)c45)n3)c2)cc1. The fourth-order valence-electron chi connectivity index (χ4n) is 7.51. The summed E-state index contributed by atoms with van der Waals surface area (Å²) < 4.78 is 6.85. The quantitative estimate of drug-likeness (QED) is 0.165. The summed E-state index contributed by atoms with van der Waals surface area (Å²) in [6, 6.07) is 67.5. The first kappa shape index (κ1) is 33.2. The van der Waals surface area contributed by atoms with E-state index in [4.69, 9.17) is 19.4 Å². The zero-order chi connectivity index (χ0) is 37.4. The Morgan fingerprint density at radius 1 is 0.339 bits per heavy atom. The second kappa shape index (κ2) is 14.1. The number of nitrogens with zero attached hydrogens (tertiary/aromatic N) is 3. The van der Waals surface area contributed by atoms with Crippen LogP contribution in [0.3, 0.4) is 0 Å². The van der Waals surface area contributed by atoms with E-state index in [1.54, 1.807) is 0 Å². The van der Waals surface area contributed by atoms with Gasteiger partial charge in [0.15, 0.2) is 17.5 Å². The first-order valence-corrected chi connectivity index (χ1v) is 18.8. The van der Waals surface area contributed by atoms with Gasteiger partial charge in [0, 0.05) is 33.0 Å². The number of aryl methyl sites for hydroxylation is 1. The van der Waals surface area contributed by atoms with Crippen molar-refractivity contribution in [3.05, 3.63) is 200 Å². The van der Waals surface area contributed by atoms with Crippen molar-refractivity contribution >= 4 is 21.9 Å². The predicted molar refractivity (Wildman–Crippen MR) is 230 cm³/mol. The third kappa shape index (κ3) is 6.23. The number of fused-ring (bicyclic) bond motifs is 3. The summed E-state index contributed by atoms with van der Waals surface area (Å²) >= 11 is 0. The minimum Gasteiger partial charge on any atom is -0.455 e. The van der Waals surface area contributed by atoms with Crippen LogP contribution in [-0.4, -0.2) is 15.0 Å². The zero-order valence-electron chi connectivity index (χ0n) is 30.7. The summed E-state index contributed by atoms with van der Waals surface area (Å²) in [6.07, 6.45) is 0. The number of hydrogen-bond donors (Lipinski definition) is 0. The van der Waals surface area contributed by atoms with Gasteiger partial charge in [-0.1, -0.05) is 175 Å². The monoisotopic (exact) mass is 717 g/mol. The van der Waals surface area contributed by atoms with Gasteiger partial charge in [-0.15, -0.1) is 0 Å². The first-order chi connectivity index (χ1) is 27.6. The molecule has 56 heavy (non-hydrogen) atoms. The van der Waals surface area contributed by atoms with E-state index in [9.17, 15) is 0 Å². The lowest BCUT2D eigenvalue weighted by Gasteiger charge is -2.10. The highest BCUT2D eigenvalue weighted by atomic mass is 16.3. The Hall–Kier alpha value is -7.43. The molecule has 0 fully saturated rings. The van der Waals surface area contributed by atoms with Crippen LogP contribution in [-0.2, 0) is 0 Å². The van der Waals surface area contributed by atoms with Crippen molar-refractivity contribution in [3.8, 4) is 78.7 Å². The van der Waals surface area contributed by atoms with Crippen LogP contribution in [0, 0.1) is 6.92 Å². The lowest BCUT2D eigenvalue weighted by Crippen LogP contribution is -2.00. The fourth-order valence-corrected chi connectivity index (χ4v) is 7.51. The van der Waals surface area contributed by atoms with E-state index in [2.05, 4.69) is 183 Å². The molecule has 4 heteroatoms. The molecule has 0 saturated carbocycles. The van der Waals surface area contributed by atoms with Gasteiger partial charge in [-0.25, -0.2) is 15.0 Å². The molecule has 10 rings (SSSR count). The van der Waals surface area contributed by atoms with E-state index >= 15 is 0 Å². The van der Waals surface area contributed by atoms with Crippen LogP contribution in [0.4, 0.5) is 0 Å². The van der Waals surface area contributed by atoms with Crippen molar-refractivity contribution in [1.82, 2.24) is 15.0 Å². The number of rotatable bonds is 7. The number of benzene rings is 8. The van der Waals surface area contributed by atoms with Gasteiger partial charge in [-0.05, 0) is 70.1 Å². The molecule has 8 aromatic carbocycles. The van der Waals surface area contributed by atoms with Gasteiger partial charge in [0.25, 0.3) is 0 Å². The molecule has 0 unspecified atom stereocenters. The second-order valence-corrected chi connectivity index (χ2v) is 14.1. The minimum absolute atomic E-state index is 0.576. The van der Waals surface area contributed by atoms with E-state index in [1.807, 2.05) is 18.2 Å². The van der Waals surface area contributed by atoms with E-state index < -0.39 is 0 Å². The number of aromatic nitrogens is 3. The van der Waals surface area contributed by atoms with Gasteiger partial charge in [0.1, 0.15) is 11.2 Å². The van der Waals surface area contributed by atoms with Crippen molar-refractivity contribution in [3.63, 3.8) is 0 Å². The topological polar surface area (TPSA) is 51.8 Å². The molecule has 0 radical (unpaired) electrons. The Bertz CT molecular complexity index is 2990. The molecule has 0 N–H and O–H groups in total. The molecule has 0 spiro atoms. The van der Waals surface area contributed by atoms with Crippen LogP contribution in [0.15, 0.2) is 199 Å². The Kier molecular flexibility index (Phi) is 8.34. The van der Waals surface area contributed by atoms with Gasteiger partial charge in [0.05, 0.1) is 0 Å². The summed E-state index contributed by atoms with van der Waals surface area (Å²) in [4.78, 5) is 15.4. The van der Waals surface area contributed by atoms with E-state index in [0.29, 0.717) is 17.5 Å². The van der Waals surface area contributed by atoms with Crippen LogP contribution in [0.25, 0.3) is 101 Å². The molecule has 2 heterocycles. The van der Waals surface area contributed by atoms with E-state index in [-0.39, 0.29) is 0 Å². The second-order valence-electron chi connectivity index (χ2n) is 14.1. The number of hydrogen-bond acceptors (Lipinski definition) is 4. The van der Waals surface area contributed by atoms with Crippen LogP contribution >= 0.6 is 0 Å². The highest BCUT2D eigenvalue weighted by Crippen LogP contribution is 2.42. The van der Waals surface area contributed by atoms with Gasteiger partial charge in [0.2, 0.25) is 0 Å². The summed E-state index contributed by atoms with van der Waals surface area (Å²) in [5.41, 5.74) is 14.5. The van der Waals surface area contributed by atoms with E-state index in [1.165, 1.54) is 5.56 Å². The highest BCUT2D eigenvalue weighted by Gasteiger charge is 2.19. The van der Waals surface area contributed by atoms with Crippen molar-refractivity contribution < 1.29 is 4.42 Å². The molecule has 0 bridgehead atoms. The molecule has 0 atom stereocenters. The van der Waals surface area contributed by atoms with Crippen molar-refractivity contribution in [1.29, 1.82) is 0 Å². The molecule has 4 nitrogen and oxygen atoms in total. The first-order valence-electron chi connectivity index (χ1n) is 18.8. The zero-order valence-corrected chi connectivity index (χ0v) is 30.7. The average Bonchev–Trinajstić information content (AvgIpc) is 3.66. The lowest BCUT2D eigenvalue weighted by molar-refractivity contribution is 0.670. The third-order valence-corrected chi connectivity index (χ3v) is 10.4. The Morgan fingerprint density at radius 2 is 0.786 bits per heavy atom. The van der Waals surface area contributed by atoms with Crippen molar-refractivity contribution in [2.45, 2.75) is 6.92 Å². The summed E-state index contributed by atoms with van der Waals surface area (Å²) in [7, 11) is 0. The molecule has 0 amide bonds. The molecule has 0 aliphatic rings. The fraction of sp³-hybridized carbons (Fsp3) is 0.0192. The smallest absolute Gasteiger partial charge is 0.164 e. The molecule has 10 aromatic rings. The minimum atomic E-state index is 0.576. The van der Waals surface area contributed by atoms with Crippen LogP contribution in [0.5, 0.6) is 0 Å². The Morgan fingerprint density at radius 3 is 1.45 bits per heavy atom. The maximum absolute atomic E-state index is 6.85. The molecular weight excluding hydrogens is 683 g/mol. The lowest BCUT2D eigenvalue weighted by atomic mass is 9.94. The van der Waals surface area contributed by atoms with Crippen LogP contribution in [0.1, 0.15) is 5.56 Å². The van der Waals surface area contributed by atoms with Gasteiger partial charge in [-0.2, -0.15) is 0 Å². The van der Waals surface area contributed by atoms with Crippen molar-refractivity contribution in [2.75, 3.05) is 0 Å². The normalized spacial score (nSPS) is 11.3. The predicted octanol–water partition coefficient (Wildman–Crippen LogP) is 13.7. The van der Waals surface area contributed by atoms with Crippen molar-refractivity contribution in [2.24, 2.45) is 0 Å². The van der Waals surface area contributed by atoms with Crippen LogP contribution < -0.4 is 0 Å². The third-order valence-electron chi connectivity index (χ3n) is 10.4. The largest absolute Gasteiger partial charge is 0.455 e. The molecular formula is C52H35N3O. The summed E-state index contributed by atoms with van der Waals surface area (Å²) in [5, 5.41) is 2.12. The molecule has 0 saturated heterocycles. The maximum atomic E-state index is 6.85. The standard InChI is InChI=1S/C52H35N3O/c1-34-20-22-37(23-21-34)41-18-11-19-42(32-41)51-53-50(40-26-24-36(25-27-40)35-12-5-2-6-13-35)54-52(55-51)43-28-29-46-47(33-43)56-49-45(39-16-9-4-10-17-39)31-30-44(48(46)49)38-14-7-3-8-15-38/h2-33H,1H3. The van der Waals surface area contributed by atoms with Crippen LogP contribution in [0.2, 0.25) is 0 Å². The van der Waals surface area contributed by atoms with Gasteiger partial charge < -0.3 is 4.42 Å². The molecule has 2 aromatic heterocycles. The Labute approximate surface area is 325 Å². The summed E-state index contributed by atoms with van der Waals surface area (Å²) in [6.45, 7) is 2.10. The Balaban J connectivity index is 1.14. The van der Waals surface area contributed by atoms with Gasteiger partial charge in [-0.3, -0.25) is 0 Å². The van der Waals surface area contributed by atoms with E-state index in [0.717, 1.165) is 83.1 Å². The summed E-state index contributed by atoms with van der Waals surface area (Å²) in [5.74, 6) is 1.79. The molecule has 0 aliphatic heterocycles. The van der Waals surface area contributed by atoms with Gasteiger partial charge >= 0.3 is 0 Å². The maximum Gasteiger partial charge on any atom is 0.164 e. The average molecular weight is 718 g/mol. The highest BCUT2D eigenvalue weighted by molar-refractivity contribution is 6.16.